The normalized spacial score (nSPS) is 16.2. The Hall–Kier alpha value is -3.98. The number of nitrogens with zero attached hydrogens (tertiary/aromatic N) is 2. The predicted molar refractivity (Wildman–Crippen MR) is 119 cm³/mol. The summed E-state index contributed by atoms with van der Waals surface area (Å²) >= 11 is 1.50. The van der Waals surface area contributed by atoms with Gasteiger partial charge in [-0.3, -0.25) is 14.9 Å². The number of thiophene rings is 1. The number of fused-ring (bicyclic) bond motifs is 1. The Morgan fingerprint density at radius 1 is 1.16 bits per heavy atom. The number of hydrogen-bond donors (Lipinski definition) is 4. The zero-order valence-electron chi connectivity index (χ0n) is 16.5. The molecule has 0 aliphatic carbocycles. The fraction of sp³-hybridized carbons (Fsp3) is 0.0909. The van der Waals surface area contributed by atoms with Gasteiger partial charge in [0.2, 0.25) is 0 Å². The van der Waals surface area contributed by atoms with Crippen molar-refractivity contribution in [3.63, 3.8) is 0 Å². The summed E-state index contributed by atoms with van der Waals surface area (Å²) in [5.74, 6) is -0.286. The molecule has 31 heavy (non-hydrogen) atoms. The van der Waals surface area contributed by atoms with Crippen molar-refractivity contribution >= 4 is 39.9 Å². The molecule has 4 aromatic rings. The number of anilines is 1. The SMILES string of the molecule is CC1=C(C(=O)Nc2ccc3[nH]ncc3c2)C(c2ccc(-c3ccccn3)s2)NC(=O)N1. The molecule has 4 N–H and O–H groups in total. The van der Waals surface area contributed by atoms with Crippen molar-refractivity contribution in [1.29, 1.82) is 0 Å². The standard InChI is InChI=1S/C22H18N6O2S/c1-12-19(21(29)26-14-5-6-15-13(10-14)11-24-28-15)20(27-22(30)25-12)18-8-7-17(31-18)16-4-2-3-9-23-16/h2-11,20H,1H3,(H,24,28)(H,26,29)(H2,25,27,30). The Morgan fingerprint density at radius 2 is 2.06 bits per heavy atom. The molecule has 154 valence electrons. The quantitative estimate of drug-likeness (QED) is 0.393. The second-order valence-electron chi connectivity index (χ2n) is 7.11. The van der Waals surface area contributed by atoms with E-state index in [9.17, 15) is 9.59 Å². The summed E-state index contributed by atoms with van der Waals surface area (Å²) in [6.07, 6.45) is 3.44. The van der Waals surface area contributed by atoms with Gasteiger partial charge in [0.1, 0.15) is 0 Å². The first-order valence-corrected chi connectivity index (χ1v) is 10.4. The smallest absolute Gasteiger partial charge is 0.319 e. The van der Waals surface area contributed by atoms with Crippen LogP contribution in [-0.2, 0) is 4.79 Å². The van der Waals surface area contributed by atoms with Gasteiger partial charge in [-0.25, -0.2) is 4.79 Å². The lowest BCUT2D eigenvalue weighted by Gasteiger charge is -2.27. The Balaban J connectivity index is 1.46. The minimum atomic E-state index is -0.561. The van der Waals surface area contributed by atoms with Gasteiger partial charge in [0, 0.05) is 27.8 Å². The molecular weight excluding hydrogens is 412 g/mol. The van der Waals surface area contributed by atoms with E-state index in [1.54, 1.807) is 19.3 Å². The summed E-state index contributed by atoms with van der Waals surface area (Å²) in [5, 5.41) is 16.3. The van der Waals surface area contributed by atoms with Crippen molar-refractivity contribution in [3.8, 4) is 10.6 Å². The molecule has 4 heterocycles. The highest BCUT2D eigenvalue weighted by atomic mass is 32.1. The molecule has 0 saturated heterocycles. The third kappa shape index (κ3) is 3.66. The molecule has 9 heteroatoms. The maximum absolute atomic E-state index is 13.2. The maximum Gasteiger partial charge on any atom is 0.319 e. The lowest BCUT2D eigenvalue weighted by molar-refractivity contribution is -0.113. The molecule has 8 nitrogen and oxygen atoms in total. The van der Waals surface area contributed by atoms with Crippen LogP contribution in [0.4, 0.5) is 10.5 Å². The number of amides is 3. The number of aromatic amines is 1. The first kappa shape index (κ1) is 19.0. The predicted octanol–water partition coefficient (Wildman–Crippen LogP) is 3.95. The van der Waals surface area contributed by atoms with Crippen molar-refractivity contribution in [2.75, 3.05) is 5.32 Å². The highest BCUT2D eigenvalue weighted by Crippen LogP contribution is 2.35. The summed E-state index contributed by atoms with van der Waals surface area (Å²) in [4.78, 5) is 31.6. The number of hydrogen-bond acceptors (Lipinski definition) is 5. The summed E-state index contributed by atoms with van der Waals surface area (Å²) in [6.45, 7) is 1.73. The van der Waals surface area contributed by atoms with Crippen LogP contribution in [0.15, 0.2) is 72.2 Å². The molecule has 3 amide bonds. The van der Waals surface area contributed by atoms with Gasteiger partial charge in [-0.05, 0) is 49.4 Å². The van der Waals surface area contributed by atoms with Gasteiger partial charge in [-0.15, -0.1) is 11.3 Å². The number of urea groups is 1. The fourth-order valence-corrected chi connectivity index (χ4v) is 4.63. The number of nitrogens with one attached hydrogen (secondary N) is 4. The topological polar surface area (TPSA) is 112 Å². The summed E-state index contributed by atoms with van der Waals surface area (Å²) in [6, 6.07) is 14.2. The molecule has 0 saturated carbocycles. The van der Waals surface area contributed by atoms with Crippen molar-refractivity contribution < 1.29 is 9.59 Å². The number of benzene rings is 1. The van der Waals surface area contributed by atoms with Crippen LogP contribution in [0.3, 0.4) is 0 Å². The van der Waals surface area contributed by atoms with E-state index < -0.39 is 6.04 Å². The fourth-order valence-electron chi connectivity index (χ4n) is 3.58. The number of carbonyl (C=O) groups excluding carboxylic acids is 2. The zero-order chi connectivity index (χ0) is 21.4. The van der Waals surface area contributed by atoms with Crippen LogP contribution >= 0.6 is 11.3 Å². The summed E-state index contributed by atoms with van der Waals surface area (Å²) < 4.78 is 0. The average Bonchev–Trinajstić information content (AvgIpc) is 3.43. The van der Waals surface area contributed by atoms with Gasteiger partial charge >= 0.3 is 6.03 Å². The molecule has 0 radical (unpaired) electrons. The Labute approximate surface area is 181 Å². The second-order valence-corrected chi connectivity index (χ2v) is 8.23. The molecule has 1 atom stereocenters. The van der Waals surface area contributed by atoms with E-state index in [4.69, 9.17) is 0 Å². The van der Waals surface area contributed by atoms with Crippen LogP contribution < -0.4 is 16.0 Å². The third-order valence-corrected chi connectivity index (χ3v) is 6.21. The summed E-state index contributed by atoms with van der Waals surface area (Å²) in [5.41, 5.74) is 3.36. The monoisotopic (exact) mass is 430 g/mol. The molecule has 0 spiro atoms. The molecule has 5 rings (SSSR count). The van der Waals surface area contributed by atoms with Gasteiger partial charge in [0.15, 0.2) is 0 Å². The summed E-state index contributed by atoms with van der Waals surface area (Å²) in [7, 11) is 0. The highest BCUT2D eigenvalue weighted by molar-refractivity contribution is 7.15. The lowest BCUT2D eigenvalue weighted by Crippen LogP contribution is -2.45. The molecule has 3 aromatic heterocycles. The van der Waals surface area contributed by atoms with Crippen LogP contribution in [0.1, 0.15) is 17.8 Å². The van der Waals surface area contributed by atoms with Crippen LogP contribution in [0.5, 0.6) is 0 Å². The number of allylic oxidation sites excluding steroid dienone is 1. The molecule has 1 aliphatic rings. The van der Waals surface area contributed by atoms with Crippen molar-refractivity contribution in [2.45, 2.75) is 13.0 Å². The molecule has 0 fully saturated rings. The largest absolute Gasteiger partial charge is 0.326 e. The van der Waals surface area contributed by atoms with Crippen molar-refractivity contribution in [2.24, 2.45) is 0 Å². The zero-order valence-corrected chi connectivity index (χ0v) is 17.3. The second kappa shape index (κ2) is 7.69. The minimum Gasteiger partial charge on any atom is -0.326 e. The molecular formula is C22H18N6O2S. The van der Waals surface area contributed by atoms with Gasteiger partial charge in [-0.1, -0.05) is 6.07 Å². The first-order valence-electron chi connectivity index (χ1n) is 9.62. The van der Waals surface area contributed by atoms with E-state index in [1.165, 1.54) is 11.3 Å². The van der Waals surface area contributed by atoms with Gasteiger partial charge < -0.3 is 16.0 Å². The van der Waals surface area contributed by atoms with Crippen molar-refractivity contribution in [1.82, 2.24) is 25.8 Å². The Bertz CT molecular complexity index is 1320. The number of aromatic nitrogens is 3. The number of rotatable bonds is 4. The third-order valence-electron chi connectivity index (χ3n) is 5.04. The lowest BCUT2D eigenvalue weighted by atomic mass is 10.0. The van der Waals surface area contributed by atoms with E-state index >= 15 is 0 Å². The van der Waals surface area contributed by atoms with Crippen LogP contribution in [0.2, 0.25) is 0 Å². The van der Waals surface area contributed by atoms with Crippen LogP contribution in [0, 0.1) is 0 Å². The highest BCUT2D eigenvalue weighted by Gasteiger charge is 2.32. The Morgan fingerprint density at radius 3 is 2.90 bits per heavy atom. The van der Waals surface area contributed by atoms with E-state index in [-0.39, 0.29) is 11.9 Å². The van der Waals surface area contributed by atoms with Gasteiger partial charge in [0.05, 0.1) is 33.9 Å². The number of pyridine rings is 1. The molecule has 1 aromatic carbocycles. The Kier molecular flexibility index (Phi) is 4.72. The minimum absolute atomic E-state index is 0.286. The van der Waals surface area contributed by atoms with E-state index in [0.717, 1.165) is 26.4 Å². The number of carbonyl (C=O) groups is 2. The maximum atomic E-state index is 13.2. The van der Waals surface area contributed by atoms with Crippen molar-refractivity contribution in [3.05, 3.63) is 77.1 Å². The van der Waals surface area contributed by atoms with Gasteiger partial charge in [0.25, 0.3) is 5.91 Å². The molecule has 0 bridgehead atoms. The van der Waals surface area contributed by atoms with E-state index in [2.05, 4.69) is 31.1 Å². The van der Waals surface area contributed by atoms with E-state index in [1.807, 2.05) is 48.5 Å². The first-order chi connectivity index (χ1) is 15.1. The van der Waals surface area contributed by atoms with Crippen LogP contribution in [0.25, 0.3) is 21.5 Å². The van der Waals surface area contributed by atoms with Gasteiger partial charge in [-0.2, -0.15) is 5.10 Å². The molecule has 1 unspecified atom stereocenters. The molecule has 1 aliphatic heterocycles. The average molecular weight is 430 g/mol. The van der Waals surface area contributed by atoms with E-state index in [0.29, 0.717) is 17.0 Å². The van der Waals surface area contributed by atoms with Crippen LogP contribution in [-0.4, -0.2) is 27.1 Å². The number of H-pyrrole nitrogens is 1.